The van der Waals surface area contributed by atoms with Crippen LogP contribution in [-0.2, 0) is 0 Å². The standard InChI is InChI=1S/C24H31N3O3/c1-16(2)25-24(29)26-22-15-20(6-5-17(22)3)23(28)27-13-11-19(12-14-27)18-7-9-21(30-4)10-8-18/h5-10,15-16,19H,11-14H2,1-4H3,(H2,25,26,29). The van der Waals surface area contributed by atoms with Crippen molar-refractivity contribution in [2.24, 2.45) is 0 Å². The van der Waals surface area contributed by atoms with Crippen LogP contribution in [0.25, 0.3) is 0 Å². The highest BCUT2D eigenvalue weighted by atomic mass is 16.5. The molecule has 0 unspecified atom stereocenters. The molecular weight excluding hydrogens is 378 g/mol. The van der Waals surface area contributed by atoms with Crippen molar-refractivity contribution in [3.63, 3.8) is 0 Å². The number of carbonyl (C=O) groups is 2. The van der Waals surface area contributed by atoms with E-state index >= 15 is 0 Å². The van der Waals surface area contributed by atoms with Crippen LogP contribution < -0.4 is 15.4 Å². The van der Waals surface area contributed by atoms with Gasteiger partial charge in [-0.15, -0.1) is 0 Å². The second kappa shape index (κ2) is 9.65. The Bertz CT molecular complexity index is 885. The van der Waals surface area contributed by atoms with Gasteiger partial charge in [-0.3, -0.25) is 4.79 Å². The Kier molecular flexibility index (Phi) is 6.98. The van der Waals surface area contributed by atoms with Crippen molar-refractivity contribution in [2.45, 2.75) is 45.6 Å². The molecule has 1 fully saturated rings. The molecule has 0 saturated carbocycles. The number of hydrogen-bond acceptors (Lipinski definition) is 3. The maximum absolute atomic E-state index is 13.0. The highest BCUT2D eigenvalue weighted by Gasteiger charge is 2.25. The van der Waals surface area contributed by atoms with E-state index in [9.17, 15) is 9.59 Å². The number of methoxy groups -OCH3 is 1. The summed E-state index contributed by atoms with van der Waals surface area (Å²) in [6.07, 6.45) is 1.87. The number of likely N-dealkylation sites (tertiary alicyclic amines) is 1. The van der Waals surface area contributed by atoms with Crippen molar-refractivity contribution in [1.29, 1.82) is 0 Å². The monoisotopic (exact) mass is 409 g/mol. The van der Waals surface area contributed by atoms with E-state index in [1.807, 2.05) is 49.9 Å². The summed E-state index contributed by atoms with van der Waals surface area (Å²) in [6, 6.07) is 13.5. The van der Waals surface area contributed by atoms with Gasteiger partial charge in [-0.05, 0) is 74.9 Å². The van der Waals surface area contributed by atoms with E-state index in [1.165, 1.54) is 5.56 Å². The summed E-state index contributed by atoms with van der Waals surface area (Å²) in [7, 11) is 1.67. The third-order valence-electron chi connectivity index (χ3n) is 5.52. The number of benzene rings is 2. The fraction of sp³-hybridized carbons (Fsp3) is 0.417. The molecule has 0 radical (unpaired) electrons. The number of amides is 3. The number of piperidine rings is 1. The molecule has 6 nitrogen and oxygen atoms in total. The molecule has 0 atom stereocenters. The highest BCUT2D eigenvalue weighted by Crippen LogP contribution is 2.30. The molecule has 0 aromatic heterocycles. The molecular formula is C24H31N3O3. The predicted molar refractivity (Wildman–Crippen MR) is 119 cm³/mol. The second-order valence-corrected chi connectivity index (χ2v) is 8.12. The van der Waals surface area contributed by atoms with E-state index in [0.717, 1.165) is 37.2 Å². The molecule has 160 valence electrons. The number of nitrogens with zero attached hydrogens (tertiary/aromatic N) is 1. The van der Waals surface area contributed by atoms with Crippen LogP contribution in [0.3, 0.4) is 0 Å². The first-order valence-electron chi connectivity index (χ1n) is 10.5. The summed E-state index contributed by atoms with van der Waals surface area (Å²) in [5, 5.41) is 5.65. The van der Waals surface area contributed by atoms with Gasteiger partial charge < -0.3 is 20.3 Å². The van der Waals surface area contributed by atoms with Crippen LogP contribution in [0.4, 0.5) is 10.5 Å². The number of nitrogens with one attached hydrogen (secondary N) is 2. The minimum Gasteiger partial charge on any atom is -0.497 e. The summed E-state index contributed by atoms with van der Waals surface area (Å²) < 4.78 is 5.23. The fourth-order valence-electron chi connectivity index (χ4n) is 3.78. The smallest absolute Gasteiger partial charge is 0.319 e. The molecule has 0 spiro atoms. The van der Waals surface area contributed by atoms with E-state index in [-0.39, 0.29) is 18.0 Å². The average Bonchev–Trinajstić information content (AvgIpc) is 2.74. The zero-order chi connectivity index (χ0) is 21.7. The molecule has 30 heavy (non-hydrogen) atoms. The summed E-state index contributed by atoms with van der Waals surface area (Å²) >= 11 is 0. The lowest BCUT2D eigenvalue weighted by Gasteiger charge is -2.32. The zero-order valence-electron chi connectivity index (χ0n) is 18.2. The second-order valence-electron chi connectivity index (χ2n) is 8.12. The molecule has 3 rings (SSSR count). The number of aryl methyl sites for hydroxylation is 1. The van der Waals surface area contributed by atoms with Crippen LogP contribution in [0.2, 0.25) is 0 Å². The SMILES string of the molecule is COc1ccc(C2CCN(C(=O)c3ccc(C)c(NC(=O)NC(C)C)c3)CC2)cc1. The molecule has 1 aliphatic heterocycles. The molecule has 1 saturated heterocycles. The van der Waals surface area contributed by atoms with Crippen LogP contribution in [0.5, 0.6) is 5.75 Å². The molecule has 1 heterocycles. The minimum absolute atomic E-state index is 0.00972. The van der Waals surface area contributed by atoms with Crippen molar-refractivity contribution in [3.05, 3.63) is 59.2 Å². The molecule has 1 aliphatic rings. The van der Waals surface area contributed by atoms with E-state index in [2.05, 4.69) is 22.8 Å². The third-order valence-corrected chi connectivity index (χ3v) is 5.52. The van der Waals surface area contributed by atoms with Gasteiger partial charge in [-0.1, -0.05) is 18.2 Å². The Morgan fingerprint density at radius 2 is 1.73 bits per heavy atom. The van der Waals surface area contributed by atoms with Gasteiger partial charge in [0.25, 0.3) is 5.91 Å². The fourth-order valence-corrected chi connectivity index (χ4v) is 3.78. The van der Waals surface area contributed by atoms with Crippen LogP contribution in [0.15, 0.2) is 42.5 Å². The van der Waals surface area contributed by atoms with Crippen molar-refractivity contribution < 1.29 is 14.3 Å². The quantitative estimate of drug-likeness (QED) is 0.761. The maximum atomic E-state index is 13.0. The number of hydrogen-bond donors (Lipinski definition) is 2. The predicted octanol–water partition coefficient (Wildman–Crippen LogP) is 4.55. The minimum atomic E-state index is -0.266. The molecule has 6 heteroatoms. The van der Waals surface area contributed by atoms with E-state index < -0.39 is 0 Å². The van der Waals surface area contributed by atoms with Gasteiger partial charge in [-0.25, -0.2) is 4.79 Å². The van der Waals surface area contributed by atoms with Crippen LogP contribution in [0, 0.1) is 6.92 Å². The van der Waals surface area contributed by atoms with Gasteiger partial charge in [0, 0.05) is 30.4 Å². The Morgan fingerprint density at radius 3 is 2.33 bits per heavy atom. The third kappa shape index (κ3) is 5.32. The van der Waals surface area contributed by atoms with Crippen molar-refractivity contribution in [3.8, 4) is 5.75 Å². The Morgan fingerprint density at radius 1 is 1.07 bits per heavy atom. The first kappa shape index (κ1) is 21.7. The summed E-state index contributed by atoms with van der Waals surface area (Å²) in [5.74, 6) is 1.32. The Balaban J connectivity index is 1.63. The van der Waals surface area contributed by atoms with Gasteiger partial charge in [0.1, 0.15) is 5.75 Å². The molecule has 2 aromatic rings. The lowest BCUT2D eigenvalue weighted by Crippen LogP contribution is -2.38. The largest absolute Gasteiger partial charge is 0.497 e. The molecule has 0 bridgehead atoms. The van der Waals surface area contributed by atoms with Crippen molar-refractivity contribution in [2.75, 3.05) is 25.5 Å². The molecule has 0 aliphatic carbocycles. The Hall–Kier alpha value is -3.02. The zero-order valence-corrected chi connectivity index (χ0v) is 18.2. The van der Waals surface area contributed by atoms with E-state index in [4.69, 9.17) is 4.74 Å². The van der Waals surface area contributed by atoms with Crippen molar-refractivity contribution >= 4 is 17.6 Å². The molecule has 2 aromatic carbocycles. The number of ether oxygens (including phenoxy) is 1. The Labute approximate surface area is 178 Å². The van der Waals surface area contributed by atoms with Gasteiger partial charge in [0.05, 0.1) is 7.11 Å². The van der Waals surface area contributed by atoms with E-state index in [1.54, 1.807) is 13.2 Å². The van der Waals surface area contributed by atoms with Crippen LogP contribution in [-0.4, -0.2) is 43.1 Å². The van der Waals surface area contributed by atoms with Gasteiger partial charge in [0.15, 0.2) is 0 Å². The number of anilines is 1. The average molecular weight is 410 g/mol. The first-order chi connectivity index (χ1) is 14.4. The summed E-state index contributed by atoms with van der Waals surface area (Å²) in [4.78, 5) is 27.0. The number of rotatable bonds is 5. The lowest BCUT2D eigenvalue weighted by molar-refractivity contribution is 0.0713. The molecule has 2 N–H and O–H groups in total. The van der Waals surface area contributed by atoms with E-state index in [0.29, 0.717) is 17.2 Å². The lowest BCUT2D eigenvalue weighted by atomic mass is 9.89. The van der Waals surface area contributed by atoms with Crippen LogP contribution in [0.1, 0.15) is 54.1 Å². The summed E-state index contributed by atoms with van der Waals surface area (Å²) in [6.45, 7) is 7.17. The topological polar surface area (TPSA) is 70.7 Å². The maximum Gasteiger partial charge on any atom is 0.319 e. The normalized spacial score (nSPS) is 14.5. The van der Waals surface area contributed by atoms with Gasteiger partial charge in [-0.2, -0.15) is 0 Å². The van der Waals surface area contributed by atoms with Gasteiger partial charge in [0.2, 0.25) is 0 Å². The number of carbonyl (C=O) groups excluding carboxylic acids is 2. The molecule has 3 amide bonds. The summed E-state index contributed by atoms with van der Waals surface area (Å²) in [5.41, 5.74) is 3.47. The first-order valence-corrected chi connectivity index (χ1v) is 10.5. The van der Waals surface area contributed by atoms with Gasteiger partial charge >= 0.3 is 6.03 Å². The highest BCUT2D eigenvalue weighted by molar-refractivity contribution is 5.97. The van der Waals surface area contributed by atoms with Crippen LogP contribution >= 0.6 is 0 Å². The van der Waals surface area contributed by atoms with Crippen molar-refractivity contribution in [1.82, 2.24) is 10.2 Å². The number of urea groups is 1.